The first-order chi connectivity index (χ1) is 9.11. The van der Waals surface area contributed by atoms with Crippen molar-refractivity contribution < 1.29 is 19.4 Å². The van der Waals surface area contributed by atoms with Crippen LogP contribution in [-0.2, 0) is 9.59 Å². The van der Waals surface area contributed by atoms with Gasteiger partial charge in [-0.05, 0) is 37.2 Å². The first kappa shape index (κ1) is 15.0. The van der Waals surface area contributed by atoms with Crippen LogP contribution in [0.2, 0.25) is 0 Å². The van der Waals surface area contributed by atoms with Crippen LogP contribution in [0.3, 0.4) is 0 Å². The highest BCUT2D eigenvalue weighted by atomic mass is 16.5. The minimum Gasteiger partial charge on any atom is -0.497 e. The van der Waals surface area contributed by atoms with E-state index in [1.165, 1.54) is 0 Å². The van der Waals surface area contributed by atoms with Crippen LogP contribution < -0.4 is 15.4 Å². The normalized spacial score (nSPS) is 9.95. The summed E-state index contributed by atoms with van der Waals surface area (Å²) in [5.41, 5.74) is 0.693. The van der Waals surface area contributed by atoms with Crippen molar-refractivity contribution in [2.24, 2.45) is 0 Å². The molecular weight excluding hydrogens is 248 g/mol. The van der Waals surface area contributed by atoms with Crippen molar-refractivity contribution in [2.75, 3.05) is 25.5 Å². The zero-order valence-corrected chi connectivity index (χ0v) is 10.8. The Hall–Kier alpha value is -2.08. The van der Waals surface area contributed by atoms with E-state index >= 15 is 0 Å². The molecule has 1 rings (SSSR count). The molecule has 0 fully saturated rings. The Morgan fingerprint density at radius 2 is 1.95 bits per heavy atom. The van der Waals surface area contributed by atoms with Crippen molar-refractivity contribution in [1.82, 2.24) is 5.32 Å². The van der Waals surface area contributed by atoms with Gasteiger partial charge in [0.15, 0.2) is 0 Å². The summed E-state index contributed by atoms with van der Waals surface area (Å²) in [6, 6.07) is 7.02. The fraction of sp³-hybridized carbons (Fsp3) is 0.385. The molecule has 0 bridgehead atoms. The molecule has 0 unspecified atom stereocenters. The summed E-state index contributed by atoms with van der Waals surface area (Å²) < 4.78 is 5.01. The zero-order chi connectivity index (χ0) is 14.1. The van der Waals surface area contributed by atoms with E-state index in [-0.39, 0.29) is 18.9 Å². The third kappa shape index (κ3) is 6.42. The van der Waals surface area contributed by atoms with Gasteiger partial charge >= 0.3 is 5.97 Å². The van der Waals surface area contributed by atoms with Crippen molar-refractivity contribution in [2.45, 2.75) is 12.8 Å². The second-order valence-corrected chi connectivity index (χ2v) is 3.95. The quantitative estimate of drug-likeness (QED) is 0.613. The SMILES string of the molecule is COc1ccc(NC(=O)CNCCCC(=O)O)cc1. The number of carboxylic acids is 1. The van der Waals surface area contributed by atoms with Gasteiger partial charge < -0.3 is 20.5 Å². The van der Waals surface area contributed by atoms with Crippen LogP contribution in [-0.4, -0.2) is 37.2 Å². The molecule has 0 heterocycles. The maximum absolute atomic E-state index is 11.5. The smallest absolute Gasteiger partial charge is 0.303 e. The Kier molecular flexibility index (Phi) is 6.38. The Labute approximate surface area is 111 Å². The van der Waals surface area contributed by atoms with Gasteiger partial charge in [0.25, 0.3) is 0 Å². The third-order valence-electron chi connectivity index (χ3n) is 2.40. The average Bonchev–Trinajstić information content (AvgIpc) is 2.39. The van der Waals surface area contributed by atoms with E-state index in [0.29, 0.717) is 18.7 Å². The number of aliphatic carboxylic acids is 1. The number of amides is 1. The molecule has 1 amide bonds. The van der Waals surface area contributed by atoms with Crippen molar-refractivity contribution in [1.29, 1.82) is 0 Å². The Balaban J connectivity index is 2.21. The molecule has 3 N–H and O–H groups in total. The maximum atomic E-state index is 11.5. The van der Waals surface area contributed by atoms with E-state index in [1.807, 2.05) is 0 Å². The molecule has 104 valence electrons. The van der Waals surface area contributed by atoms with Crippen LogP contribution in [0.4, 0.5) is 5.69 Å². The van der Waals surface area contributed by atoms with Crippen molar-refractivity contribution in [3.63, 3.8) is 0 Å². The van der Waals surface area contributed by atoms with Gasteiger partial charge in [0, 0.05) is 12.1 Å². The fourth-order valence-electron chi connectivity index (χ4n) is 1.45. The van der Waals surface area contributed by atoms with Crippen LogP contribution in [0.1, 0.15) is 12.8 Å². The van der Waals surface area contributed by atoms with Crippen molar-refractivity contribution >= 4 is 17.6 Å². The summed E-state index contributed by atoms with van der Waals surface area (Å²) in [5.74, 6) is -0.269. The number of carbonyl (C=O) groups excluding carboxylic acids is 1. The lowest BCUT2D eigenvalue weighted by atomic mass is 10.3. The maximum Gasteiger partial charge on any atom is 0.303 e. The molecule has 0 aromatic heterocycles. The molecular formula is C13H18N2O4. The van der Waals surface area contributed by atoms with Crippen LogP contribution >= 0.6 is 0 Å². The molecule has 0 aliphatic rings. The number of ether oxygens (including phenoxy) is 1. The molecule has 0 aliphatic carbocycles. The fourth-order valence-corrected chi connectivity index (χ4v) is 1.45. The number of methoxy groups -OCH3 is 1. The molecule has 6 nitrogen and oxygen atoms in total. The van der Waals surface area contributed by atoms with Crippen LogP contribution in [0, 0.1) is 0 Å². The van der Waals surface area contributed by atoms with E-state index < -0.39 is 5.97 Å². The summed E-state index contributed by atoms with van der Waals surface area (Å²) in [4.78, 5) is 21.8. The molecule has 1 aromatic rings. The molecule has 0 saturated heterocycles. The Bertz CT molecular complexity index is 417. The van der Waals surface area contributed by atoms with Gasteiger partial charge in [-0.1, -0.05) is 0 Å². The number of rotatable bonds is 8. The van der Waals surface area contributed by atoms with Gasteiger partial charge in [-0.15, -0.1) is 0 Å². The van der Waals surface area contributed by atoms with Crippen molar-refractivity contribution in [3.8, 4) is 5.75 Å². The van der Waals surface area contributed by atoms with E-state index in [9.17, 15) is 9.59 Å². The first-order valence-electron chi connectivity index (χ1n) is 5.98. The minimum absolute atomic E-state index is 0.104. The standard InChI is InChI=1S/C13H18N2O4/c1-19-11-6-4-10(5-7-11)15-12(16)9-14-8-2-3-13(17)18/h4-7,14H,2-3,8-9H2,1H3,(H,15,16)(H,17,18). The summed E-state index contributed by atoms with van der Waals surface area (Å²) in [5, 5.41) is 14.0. The predicted octanol–water partition coefficient (Wildman–Crippen LogP) is 1.09. The van der Waals surface area contributed by atoms with Gasteiger partial charge in [-0.2, -0.15) is 0 Å². The minimum atomic E-state index is -0.829. The zero-order valence-electron chi connectivity index (χ0n) is 10.8. The molecule has 0 atom stereocenters. The lowest BCUT2D eigenvalue weighted by Crippen LogP contribution is -2.28. The largest absolute Gasteiger partial charge is 0.497 e. The molecule has 19 heavy (non-hydrogen) atoms. The summed E-state index contributed by atoms with van der Waals surface area (Å²) in [7, 11) is 1.58. The van der Waals surface area contributed by atoms with Crippen molar-refractivity contribution in [3.05, 3.63) is 24.3 Å². The van der Waals surface area contributed by atoms with Gasteiger partial charge in [-0.3, -0.25) is 9.59 Å². The van der Waals surface area contributed by atoms with Crippen LogP contribution in [0.15, 0.2) is 24.3 Å². The first-order valence-corrected chi connectivity index (χ1v) is 5.98. The van der Waals surface area contributed by atoms with E-state index in [2.05, 4.69) is 10.6 Å². The van der Waals surface area contributed by atoms with E-state index in [0.717, 1.165) is 5.75 Å². The van der Waals surface area contributed by atoms with Gasteiger partial charge in [0.05, 0.1) is 13.7 Å². The Morgan fingerprint density at radius 3 is 2.53 bits per heavy atom. The summed E-state index contributed by atoms with van der Waals surface area (Å²) in [6.07, 6.45) is 0.609. The number of carboxylic acid groups (broad SMARTS) is 1. The molecule has 0 saturated carbocycles. The van der Waals surface area contributed by atoms with Gasteiger partial charge in [0.1, 0.15) is 5.75 Å². The number of benzene rings is 1. The number of anilines is 1. The van der Waals surface area contributed by atoms with Crippen LogP contribution in [0.5, 0.6) is 5.75 Å². The number of carbonyl (C=O) groups is 2. The third-order valence-corrected chi connectivity index (χ3v) is 2.40. The summed E-state index contributed by atoms with van der Waals surface area (Å²) >= 11 is 0. The van der Waals surface area contributed by atoms with E-state index in [1.54, 1.807) is 31.4 Å². The highest BCUT2D eigenvalue weighted by Gasteiger charge is 2.02. The molecule has 0 aliphatic heterocycles. The molecule has 6 heteroatoms. The summed E-state index contributed by atoms with van der Waals surface area (Å²) in [6.45, 7) is 0.661. The molecule has 0 spiro atoms. The molecule has 1 aromatic carbocycles. The number of hydrogen-bond acceptors (Lipinski definition) is 4. The lowest BCUT2D eigenvalue weighted by molar-refractivity contribution is -0.137. The molecule has 0 radical (unpaired) electrons. The number of hydrogen-bond donors (Lipinski definition) is 3. The topological polar surface area (TPSA) is 87.7 Å². The van der Waals surface area contributed by atoms with E-state index in [4.69, 9.17) is 9.84 Å². The average molecular weight is 266 g/mol. The van der Waals surface area contributed by atoms with Gasteiger partial charge in [0.2, 0.25) is 5.91 Å². The second kappa shape index (κ2) is 8.10. The Morgan fingerprint density at radius 1 is 1.26 bits per heavy atom. The van der Waals surface area contributed by atoms with Gasteiger partial charge in [-0.25, -0.2) is 0 Å². The highest BCUT2D eigenvalue weighted by molar-refractivity contribution is 5.92. The lowest BCUT2D eigenvalue weighted by Gasteiger charge is -2.07. The second-order valence-electron chi connectivity index (χ2n) is 3.95. The number of nitrogens with one attached hydrogen (secondary N) is 2. The van der Waals surface area contributed by atoms with Crippen LogP contribution in [0.25, 0.3) is 0 Å². The predicted molar refractivity (Wildman–Crippen MR) is 71.4 cm³/mol. The highest BCUT2D eigenvalue weighted by Crippen LogP contribution is 2.14. The monoisotopic (exact) mass is 266 g/mol.